The Morgan fingerprint density at radius 3 is 2.50 bits per heavy atom. The highest BCUT2D eigenvalue weighted by molar-refractivity contribution is 7.32. The van der Waals surface area contributed by atoms with E-state index in [1.165, 1.54) is 0 Å². The molecular formula is C6H10F3O2P. The van der Waals surface area contributed by atoms with Gasteiger partial charge in [-0.25, -0.2) is 4.79 Å². The van der Waals surface area contributed by atoms with Crippen molar-refractivity contribution in [2.75, 3.05) is 6.16 Å². The summed E-state index contributed by atoms with van der Waals surface area (Å²) in [5.74, 6) is -2.09. The van der Waals surface area contributed by atoms with Crippen LogP contribution in [0.2, 0.25) is 0 Å². The van der Waals surface area contributed by atoms with E-state index in [2.05, 4.69) is 4.52 Å². The molecule has 1 atom stereocenters. The van der Waals surface area contributed by atoms with Gasteiger partial charge < -0.3 is 4.52 Å². The first-order valence-corrected chi connectivity index (χ1v) is 4.61. The highest BCUT2D eigenvalue weighted by Gasteiger charge is 2.40. The standard InChI is InChI=1S/C6H10F3O2P/c1-2-3-4-12-11-5(10)6(7,8)9/h12H,2-4H2,1H3. The number of halogens is 3. The predicted octanol–water partition coefficient (Wildman–Crippen LogP) is 2.49. The molecule has 0 bridgehead atoms. The second kappa shape index (κ2) is 5.36. The lowest BCUT2D eigenvalue weighted by molar-refractivity contribution is -0.188. The minimum Gasteiger partial charge on any atom is -0.442 e. The molecule has 0 fully saturated rings. The number of carbonyl (C=O) groups is 1. The molecule has 72 valence electrons. The molecule has 0 aromatic carbocycles. The molecule has 0 aliphatic heterocycles. The Hall–Kier alpha value is -0.310. The van der Waals surface area contributed by atoms with Gasteiger partial charge in [0.25, 0.3) is 0 Å². The van der Waals surface area contributed by atoms with Crippen LogP contribution in [-0.2, 0) is 9.32 Å². The normalized spacial score (nSPS) is 12.3. The second-order valence-corrected chi connectivity index (χ2v) is 3.13. The minimum atomic E-state index is -4.85. The fraction of sp³-hybridized carbons (Fsp3) is 0.833. The highest BCUT2D eigenvalue weighted by atomic mass is 31.1. The van der Waals surface area contributed by atoms with Gasteiger partial charge in [0.05, 0.1) is 8.81 Å². The van der Waals surface area contributed by atoms with Crippen molar-refractivity contribution in [1.29, 1.82) is 0 Å². The van der Waals surface area contributed by atoms with Gasteiger partial charge in [-0.1, -0.05) is 13.3 Å². The summed E-state index contributed by atoms with van der Waals surface area (Å²) in [5, 5.41) is 0. The van der Waals surface area contributed by atoms with Crippen molar-refractivity contribution in [3.63, 3.8) is 0 Å². The zero-order valence-electron chi connectivity index (χ0n) is 6.57. The molecule has 0 saturated carbocycles. The number of hydrogen-bond donors (Lipinski definition) is 0. The summed E-state index contributed by atoms with van der Waals surface area (Å²) in [6.45, 7) is 1.91. The van der Waals surface area contributed by atoms with Crippen molar-refractivity contribution in [3.8, 4) is 0 Å². The first kappa shape index (κ1) is 11.7. The molecular weight excluding hydrogens is 192 g/mol. The maximum atomic E-state index is 11.5. The first-order valence-electron chi connectivity index (χ1n) is 3.49. The molecule has 1 unspecified atom stereocenters. The third kappa shape index (κ3) is 5.35. The largest absolute Gasteiger partial charge is 0.491 e. The fourth-order valence-electron chi connectivity index (χ4n) is 0.423. The zero-order valence-corrected chi connectivity index (χ0v) is 7.57. The van der Waals surface area contributed by atoms with Crippen LogP contribution in [0.15, 0.2) is 0 Å². The molecule has 0 aromatic heterocycles. The number of rotatable bonds is 4. The Morgan fingerprint density at radius 1 is 1.50 bits per heavy atom. The number of unbranched alkanes of at least 4 members (excludes halogenated alkanes) is 1. The molecule has 0 saturated heterocycles. The fourth-order valence-corrected chi connectivity index (χ4v) is 1.27. The van der Waals surface area contributed by atoms with Gasteiger partial charge in [0.1, 0.15) is 0 Å². The van der Waals surface area contributed by atoms with Crippen LogP contribution in [-0.4, -0.2) is 18.3 Å². The quantitative estimate of drug-likeness (QED) is 0.517. The van der Waals surface area contributed by atoms with Crippen LogP contribution in [0.4, 0.5) is 13.2 Å². The van der Waals surface area contributed by atoms with Gasteiger partial charge in [0, 0.05) is 6.16 Å². The van der Waals surface area contributed by atoms with Crippen LogP contribution >= 0.6 is 8.81 Å². The van der Waals surface area contributed by atoms with Crippen LogP contribution < -0.4 is 0 Å². The summed E-state index contributed by atoms with van der Waals surface area (Å²) in [7, 11) is -0.377. The summed E-state index contributed by atoms with van der Waals surface area (Å²) in [4.78, 5) is 10.1. The van der Waals surface area contributed by atoms with E-state index in [-0.39, 0.29) is 8.81 Å². The Morgan fingerprint density at radius 2 is 2.08 bits per heavy atom. The molecule has 0 heterocycles. The third-order valence-electron chi connectivity index (χ3n) is 1.03. The van der Waals surface area contributed by atoms with Crippen LogP contribution in [0.25, 0.3) is 0 Å². The van der Waals surface area contributed by atoms with Gasteiger partial charge in [-0.2, -0.15) is 13.2 Å². The van der Waals surface area contributed by atoms with Crippen molar-refractivity contribution in [2.45, 2.75) is 25.9 Å². The molecule has 0 amide bonds. The van der Waals surface area contributed by atoms with Crippen molar-refractivity contribution < 1.29 is 22.5 Å². The van der Waals surface area contributed by atoms with Crippen molar-refractivity contribution in [2.24, 2.45) is 0 Å². The first-order chi connectivity index (χ1) is 5.48. The van der Waals surface area contributed by atoms with E-state index in [4.69, 9.17) is 0 Å². The van der Waals surface area contributed by atoms with Crippen molar-refractivity contribution >= 4 is 14.8 Å². The maximum Gasteiger partial charge on any atom is 0.491 e. The molecule has 0 radical (unpaired) electrons. The zero-order chi connectivity index (χ0) is 9.61. The van der Waals surface area contributed by atoms with Crippen LogP contribution in [0.3, 0.4) is 0 Å². The molecule has 0 aliphatic rings. The molecule has 0 N–H and O–H groups in total. The lowest BCUT2D eigenvalue weighted by Gasteiger charge is -2.05. The lowest BCUT2D eigenvalue weighted by atomic mass is 10.4. The second-order valence-electron chi connectivity index (χ2n) is 2.14. The Kier molecular flexibility index (Phi) is 5.22. The average molecular weight is 202 g/mol. The van der Waals surface area contributed by atoms with Gasteiger partial charge in [0.15, 0.2) is 0 Å². The number of hydrogen-bond acceptors (Lipinski definition) is 2. The minimum absolute atomic E-state index is 0.377. The average Bonchev–Trinajstić information content (AvgIpc) is 1.96. The maximum absolute atomic E-state index is 11.5. The van der Waals surface area contributed by atoms with E-state index in [1.54, 1.807) is 0 Å². The molecule has 0 aromatic rings. The number of alkyl halides is 3. The summed E-state index contributed by atoms with van der Waals surface area (Å²) < 4.78 is 38.4. The summed E-state index contributed by atoms with van der Waals surface area (Å²) in [6.07, 6.45) is -2.67. The van der Waals surface area contributed by atoms with Gasteiger partial charge in [-0.3, -0.25) is 0 Å². The summed E-state index contributed by atoms with van der Waals surface area (Å²) in [5.41, 5.74) is 0. The van der Waals surface area contributed by atoms with Crippen LogP contribution in [0, 0.1) is 0 Å². The van der Waals surface area contributed by atoms with Gasteiger partial charge in [-0.15, -0.1) is 0 Å². The van der Waals surface area contributed by atoms with Crippen molar-refractivity contribution in [1.82, 2.24) is 0 Å². The van der Waals surface area contributed by atoms with Gasteiger partial charge in [0.2, 0.25) is 0 Å². The monoisotopic (exact) mass is 202 g/mol. The lowest BCUT2D eigenvalue weighted by Crippen LogP contribution is -2.22. The van der Waals surface area contributed by atoms with Gasteiger partial charge in [-0.05, 0) is 6.42 Å². The van der Waals surface area contributed by atoms with Gasteiger partial charge >= 0.3 is 12.1 Å². The molecule has 0 spiro atoms. The van der Waals surface area contributed by atoms with Crippen LogP contribution in [0.5, 0.6) is 0 Å². The topological polar surface area (TPSA) is 26.3 Å². The molecule has 0 aliphatic carbocycles. The molecule has 2 nitrogen and oxygen atoms in total. The SMILES string of the molecule is CCCCPOC(=O)C(F)(F)F. The number of carbonyl (C=O) groups excluding carboxylic acids is 1. The van der Waals surface area contributed by atoms with E-state index < -0.39 is 12.1 Å². The summed E-state index contributed by atoms with van der Waals surface area (Å²) in [6, 6.07) is 0. The Labute approximate surface area is 70.3 Å². The summed E-state index contributed by atoms with van der Waals surface area (Å²) >= 11 is 0. The van der Waals surface area contributed by atoms with E-state index in [1.807, 2.05) is 6.92 Å². The molecule has 12 heavy (non-hydrogen) atoms. The predicted molar refractivity (Wildman–Crippen MR) is 40.2 cm³/mol. The van der Waals surface area contributed by atoms with Crippen LogP contribution in [0.1, 0.15) is 19.8 Å². The Bertz CT molecular complexity index is 146. The molecule has 6 heteroatoms. The third-order valence-corrected chi connectivity index (χ3v) is 1.92. The van der Waals surface area contributed by atoms with E-state index in [9.17, 15) is 18.0 Å². The van der Waals surface area contributed by atoms with E-state index in [0.29, 0.717) is 6.16 Å². The van der Waals surface area contributed by atoms with E-state index in [0.717, 1.165) is 12.8 Å². The Balaban J connectivity index is 3.45. The molecule has 0 rings (SSSR count). The van der Waals surface area contributed by atoms with Crippen molar-refractivity contribution in [3.05, 3.63) is 0 Å². The highest BCUT2D eigenvalue weighted by Crippen LogP contribution is 2.23. The smallest absolute Gasteiger partial charge is 0.442 e. The van der Waals surface area contributed by atoms with E-state index >= 15 is 0 Å².